The summed E-state index contributed by atoms with van der Waals surface area (Å²) in [6, 6.07) is 13.2. The smallest absolute Gasteiger partial charge is 0.330 e. The summed E-state index contributed by atoms with van der Waals surface area (Å²) in [5.74, 6) is 1.73. The zero-order valence-corrected chi connectivity index (χ0v) is 13.4. The Morgan fingerprint density at radius 1 is 1.08 bits per heavy atom. The summed E-state index contributed by atoms with van der Waals surface area (Å²) in [7, 11) is 0. The molecule has 0 saturated heterocycles. The van der Waals surface area contributed by atoms with Crippen molar-refractivity contribution in [2.45, 2.75) is 6.92 Å². The van der Waals surface area contributed by atoms with Crippen molar-refractivity contribution in [2.24, 2.45) is 0 Å². The molecule has 5 nitrogen and oxygen atoms in total. The number of esters is 1. The van der Waals surface area contributed by atoms with Crippen LogP contribution in [0.4, 0.5) is 0 Å². The Hall–Kier alpha value is -2.95. The number of carbonyl (C=O) groups excluding carboxylic acids is 1. The monoisotopic (exact) mass is 326 g/mol. The number of aryl methyl sites for hydroxylation is 1. The third kappa shape index (κ3) is 4.29. The molecule has 0 radical (unpaired) electrons. The Bertz CT molecular complexity index is 734. The highest BCUT2D eigenvalue weighted by atomic mass is 16.7. The third-order valence-electron chi connectivity index (χ3n) is 3.43. The van der Waals surface area contributed by atoms with Crippen molar-refractivity contribution in [1.82, 2.24) is 0 Å². The van der Waals surface area contributed by atoms with Crippen LogP contribution < -0.4 is 14.2 Å². The fraction of sp³-hybridized carbons (Fsp3) is 0.211. The minimum atomic E-state index is -0.417. The topological polar surface area (TPSA) is 54.0 Å². The van der Waals surface area contributed by atoms with Gasteiger partial charge >= 0.3 is 5.97 Å². The molecule has 0 atom stereocenters. The van der Waals surface area contributed by atoms with Crippen LogP contribution in [0.2, 0.25) is 0 Å². The summed E-state index contributed by atoms with van der Waals surface area (Å²) in [5.41, 5.74) is 2.01. The molecular formula is C19H18O5. The molecule has 0 fully saturated rings. The maximum Gasteiger partial charge on any atom is 0.330 e. The van der Waals surface area contributed by atoms with E-state index < -0.39 is 5.97 Å². The molecule has 0 bridgehead atoms. The highest BCUT2D eigenvalue weighted by Gasteiger charge is 2.12. The van der Waals surface area contributed by atoms with Crippen molar-refractivity contribution in [3.8, 4) is 17.2 Å². The third-order valence-corrected chi connectivity index (χ3v) is 3.43. The number of hydrogen-bond acceptors (Lipinski definition) is 5. The van der Waals surface area contributed by atoms with E-state index in [2.05, 4.69) is 0 Å². The minimum absolute atomic E-state index is 0.193. The molecule has 0 aliphatic carbocycles. The zero-order chi connectivity index (χ0) is 16.8. The van der Waals surface area contributed by atoms with Crippen molar-refractivity contribution >= 4 is 12.0 Å². The van der Waals surface area contributed by atoms with E-state index in [1.54, 1.807) is 6.08 Å². The molecule has 0 N–H and O–H groups in total. The van der Waals surface area contributed by atoms with Gasteiger partial charge in [0, 0.05) is 6.08 Å². The maximum atomic E-state index is 11.7. The predicted molar refractivity (Wildman–Crippen MR) is 89.2 cm³/mol. The van der Waals surface area contributed by atoms with Gasteiger partial charge in [-0.2, -0.15) is 0 Å². The number of ether oxygens (including phenoxy) is 4. The number of carbonyl (C=O) groups is 1. The van der Waals surface area contributed by atoms with E-state index in [4.69, 9.17) is 18.9 Å². The van der Waals surface area contributed by atoms with Crippen LogP contribution in [0.25, 0.3) is 6.08 Å². The quantitative estimate of drug-likeness (QED) is 0.463. The van der Waals surface area contributed by atoms with Gasteiger partial charge < -0.3 is 18.9 Å². The fourth-order valence-electron chi connectivity index (χ4n) is 2.17. The lowest BCUT2D eigenvalue weighted by molar-refractivity contribution is -0.138. The number of hydrogen-bond donors (Lipinski definition) is 0. The second-order valence-corrected chi connectivity index (χ2v) is 5.28. The van der Waals surface area contributed by atoms with E-state index in [1.165, 1.54) is 11.6 Å². The lowest BCUT2D eigenvalue weighted by Gasteiger charge is -2.06. The lowest BCUT2D eigenvalue weighted by Crippen LogP contribution is -2.10. The number of benzene rings is 2. The molecule has 3 rings (SSSR count). The Morgan fingerprint density at radius 2 is 1.88 bits per heavy atom. The summed E-state index contributed by atoms with van der Waals surface area (Å²) >= 11 is 0. The fourth-order valence-corrected chi connectivity index (χ4v) is 2.17. The first kappa shape index (κ1) is 15.9. The van der Waals surface area contributed by atoms with Crippen LogP contribution in [0.1, 0.15) is 11.1 Å². The van der Waals surface area contributed by atoms with Crippen LogP contribution in [-0.4, -0.2) is 26.0 Å². The number of fused-ring (bicyclic) bond motifs is 1. The molecule has 0 saturated carbocycles. The van der Waals surface area contributed by atoms with Crippen LogP contribution in [0.3, 0.4) is 0 Å². The molecule has 24 heavy (non-hydrogen) atoms. The Morgan fingerprint density at radius 3 is 2.71 bits per heavy atom. The molecule has 2 aromatic carbocycles. The van der Waals surface area contributed by atoms with Gasteiger partial charge in [0.05, 0.1) is 0 Å². The van der Waals surface area contributed by atoms with Gasteiger partial charge in [-0.05, 0) is 42.8 Å². The minimum Gasteiger partial charge on any atom is -0.490 e. The van der Waals surface area contributed by atoms with Crippen molar-refractivity contribution < 1.29 is 23.7 Å². The van der Waals surface area contributed by atoms with Crippen LogP contribution in [-0.2, 0) is 9.53 Å². The van der Waals surface area contributed by atoms with E-state index in [9.17, 15) is 4.79 Å². The van der Waals surface area contributed by atoms with Crippen LogP contribution >= 0.6 is 0 Å². The van der Waals surface area contributed by atoms with Gasteiger partial charge in [0.2, 0.25) is 6.79 Å². The summed E-state index contributed by atoms with van der Waals surface area (Å²) in [6.07, 6.45) is 3.05. The van der Waals surface area contributed by atoms with Gasteiger partial charge in [-0.25, -0.2) is 4.79 Å². The second-order valence-electron chi connectivity index (χ2n) is 5.28. The van der Waals surface area contributed by atoms with Crippen molar-refractivity contribution in [2.75, 3.05) is 20.0 Å². The van der Waals surface area contributed by atoms with Crippen molar-refractivity contribution in [1.29, 1.82) is 0 Å². The Kier molecular flexibility index (Phi) is 5.01. The van der Waals surface area contributed by atoms with Crippen molar-refractivity contribution in [3.63, 3.8) is 0 Å². The van der Waals surface area contributed by atoms with Gasteiger partial charge in [-0.15, -0.1) is 0 Å². The summed E-state index contributed by atoms with van der Waals surface area (Å²) in [4.78, 5) is 11.7. The first-order chi connectivity index (χ1) is 11.7. The molecule has 1 aliphatic heterocycles. The molecule has 0 unspecified atom stereocenters. The molecule has 5 heteroatoms. The van der Waals surface area contributed by atoms with E-state index >= 15 is 0 Å². The van der Waals surface area contributed by atoms with Gasteiger partial charge in [-0.1, -0.05) is 23.8 Å². The first-order valence-corrected chi connectivity index (χ1v) is 7.65. The molecule has 1 aliphatic rings. The molecule has 124 valence electrons. The summed E-state index contributed by atoms with van der Waals surface area (Å²) in [5, 5.41) is 0. The molecule has 0 spiro atoms. The van der Waals surface area contributed by atoms with E-state index in [-0.39, 0.29) is 13.4 Å². The summed E-state index contributed by atoms with van der Waals surface area (Å²) in [6.45, 7) is 2.74. The standard InChI is InChI=1S/C19H18O5/c1-14-2-6-16(7-3-14)21-10-11-22-19(20)9-5-15-4-8-17-18(12-15)24-13-23-17/h2-9,12H,10-11,13H2,1H3/b9-5+. The second kappa shape index (κ2) is 7.55. The first-order valence-electron chi connectivity index (χ1n) is 7.65. The van der Waals surface area contributed by atoms with E-state index in [0.717, 1.165) is 11.3 Å². The van der Waals surface area contributed by atoms with Crippen LogP contribution in [0, 0.1) is 6.92 Å². The highest BCUT2D eigenvalue weighted by molar-refractivity contribution is 5.87. The Balaban J connectivity index is 1.41. The molecule has 0 aromatic heterocycles. The lowest BCUT2D eigenvalue weighted by atomic mass is 10.2. The summed E-state index contributed by atoms with van der Waals surface area (Å²) < 4.78 is 21.1. The largest absolute Gasteiger partial charge is 0.490 e. The van der Waals surface area contributed by atoms with Gasteiger partial charge in [0.1, 0.15) is 19.0 Å². The van der Waals surface area contributed by atoms with Gasteiger partial charge in [-0.3, -0.25) is 0 Å². The number of rotatable bonds is 6. The van der Waals surface area contributed by atoms with E-state index in [1.807, 2.05) is 49.4 Å². The Labute approximate surface area is 140 Å². The normalized spacial score (nSPS) is 12.4. The average Bonchev–Trinajstić information content (AvgIpc) is 3.06. The maximum absolute atomic E-state index is 11.7. The van der Waals surface area contributed by atoms with E-state index in [0.29, 0.717) is 18.1 Å². The molecule has 2 aromatic rings. The van der Waals surface area contributed by atoms with Crippen molar-refractivity contribution in [3.05, 3.63) is 59.7 Å². The van der Waals surface area contributed by atoms with Crippen LogP contribution in [0.15, 0.2) is 48.5 Å². The molecule has 0 amide bonds. The SMILES string of the molecule is Cc1ccc(OCCOC(=O)/C=C/c2ccc3c(c2)OCO3)cc1. The molecule has 1 heterocycles. The average molecular weight is 326 g/mol. The predicted octanol–water partition coefficient (Wildman–Crippen LogP) is 3.36. The van der Waals surface area contributed by atoms with Crippen LogP contribution in [0.5, 0.6) is 17.2 Å². The molecular weight excluding hydrogens is 308 g/mol. The zero-order valence-electron chi connectivity index (χ0n) is 13.4. The highest BCUT2D eigenvalue weighted by Crippen LogP contribution is 2.32. The van der Waals surface area contributed by atoms with Gasteiger partial charge in [0.25, 0.3) is 0 Å². The van der Waals surface area contributed by atoms with Gasteiger partial charge in [0.15, 0.2) is 11.5 Å².